The zero-order valence-corrected chi connectivity index (χ0v) is 13.5. The van der Waals surface area contributed by atoms with E-state index in [9.17, 15) is 9.82 Å². The number of nitrogens with zero attached hydrogens (tertiary/aromatic N) is 3. The Balaban J connectivity index is 1.35. The molecular weight excluding hydrogens is 337 g/mol. The number of carbonyl (C=O) groups excluding carboxylic acids is 1. The number of benzene rings is 1. The van der Waals surface area contributed by atoms with Crippen LogP contribution in [0.5, 0.6) is 0 Å². The van der Waals surface area contributed by atoms with Crippen molar-refractivity contribution in [2.24, 2.45) is 0 Å². The molecule has 3 heterocycles. The lowest BCUT2D eigenvalue weighted by molar-refractivity contribution is -0.122. The number of amides is 1. The lowest BCUT2D eigenvalue weighted by Gasteiger charge is -2.12. The third kappa shape index (κ3) is 3.28. The zero-order valence-electron chi connectivity index (χ0n) is 13.5. The Kier molecular flexibility index (Phi) is 4.34. The number of hydrogen-bond donors (Lipinski definition) is 3. The third-order valence-corrected chi connectivity index (χ3v) is 3.93. The van der Waals surface area contributed by atoms with E-state index in [-0.39, 0.29) is 18.3 Å². The van der Waals surface area contributed by atoms with Crippen LogP contribution >= 0.6 is 0 Å². The van der Waals surface area contributed by atoms with Crippen molar-refractivity contribution in [2.75, 3.05) is 5.43 Å². The highest BCUT2D eigenvalue weighted by molar-refractivity contribution is 6.61. The van der Waals surface area contributed by atoms with Gasteiger partial charge >= 0.3 is 13.1 Å². The van der Waals surface area contributed by atoms with Crippen LogP contribution in [0.15, 0.2) is 53.3 Å². The van der Waals surface area contributed by atoms with Crippen LogP contribution in [0.2, 0.25) is 0 Å². The first kappa shape index (κ1) is 16.2. The van der Waals surface area contributed by atoms with Gasteiger partial charge in [-0.05, 0) is 23.2 Å². The molecule has 1 aliphatic rings. The summed E-state index contributed by atoms with van der Waals surface area (Å²) in [5, 5.41) is 13.7. The van der Waals surface area contributed by atoms with Crippen molar-refractivity contribution < 1.29 is 19.0 Å². The van der Waals surface area contributed by atoms with Crippen LogP contribution < -0.4 is 16.3 Å². The molecule has 0 saturated carbocycles. The van der Waals surface area contributed by atoms with E-state index in [1.165, 1.54) is 0 Å². The highest BCUT2D eigenvalue weighted by Crippen LogP contribution is 2.26. The minimum absolute atomic E-state index is 0.0324. The fourth-order valence-electron chi connectivity index (χ4n) is 2.72. The second-order valence-electron chi connectivity index (χ2n) is 5.65. The number of nitrogens with one attached hydrogen (secondary N) is 2. The van der Waals surface area contributed by atoms with Gasteiger partial charge < -0.3 is 14.2 Å². The lowest BCUT2D eigenvalue weighted by Crippen LogP contribution is -2.31. The normalized spacial score (nSPS) is 15.6. The molecule has 0 saturated heterocycles. The number of fused-ring (bicyclic) bond motifs is 1. The zero-order chi connectivity index (χ0) is 17.9. The maximum Gasteiger partial charge on any atom is 0.491 e. The summed E-state index contributed by atoms with van der Waals surface area (Å²) in [5.74, 6) is 0.00561. The number of rotatable bonds is 5. The van der Waals surface area contributed by atoms with E-state index >= 15 is 0 Å². The maximum absolute atomic E-state index is 12.1. The molecule has 9 nitrogen and oxygen atoms in total. The van der Waals surface area contributed by atoms with Gasteiger partial charge in [0.15, 0.2) is 0 Å². The van der Waals surface area contributed by atoms with Gasteiger partial charge in [0.2, 0.25) is 11.7 Å². The Morgan fingerprint density at radius 3 is 3.00 bits per heavy atom. The van der Waals surface area contributed by atoms with Crippen LogP contribution in [0.25, 0.3) is 11.4 Å². The number of carbonyl (C=O) groups is 1. The van der Waals surface area contributed by atoms with E-state index in [0.717, 1.165) is 5.56 Å². The van der Waals surface area contributed by atoms with Crippen molar-refractivity contribution in [3.8, 4) is 11.4 Å². The molecule has 1 atom stereocenters. The number of pyridine rings is 1. The molecule has 3 N–H and O–H groups in total. The predicted molar refractivity (Wildman–Crippen MR) is 91.8 cm³/mol. The van der Waals surface area contributed by atoms with E-state index in [1.807, 2.05) is 18.2 Å². The molecule has 1 amide bonds. The van der Waals surface area contributed by atoms with Gasteiger partial charge in [-0.1, -0.05) is 29.4 Å². The summed E-state index contributed by atoms with van der Waals surface area (Å²) in [6, 6.07) is 10.8. The Labute approximate surface area is 148 Å². The standard InChI is InChI=1S/C16H14BN5O4/c23-14(8-13-11-5-1-2-6-12(11)17(24)25-13)20-21-16-19-15(22-26-16)10-4-3-7-18-9-10/h1-7,9,13,24H,8H2,(H,20,23)(H,19,21,22). The van der Waals surface area contributed by atoms with Gasteiger partial charge in [-0.25, -0.2) is 5.43 Å². The van der Waals surface area contributed by atoms with Crippen LogP contribution in [-0.4, -0.2) is 33.2 Å². The summed E-state index contributed by atoms with van der Waals surface area (Å²) in [4.78, 5) is 20.2. The molecule has 0 spiro atoms. The lowest BCUT2D eigenvalue weighted by atomic mass is 9.79. The van der Waals surface area contributed by atoms with Gasteiger partial charge in [0, 0.05) is 18.0 Å². The quantitative estimate of drug-likeness (QED) is 0.447. The van der Waals surface area contributed by atoms with E-state index < -0.39 is 13.2 Å². The SMILES string of the molecule is O=C(CC1OB(O)c2ccccc21)NNc1nc(-c2cccnc2)no1. The monoisotopic (exact) mass is 351 g/mol. The molecule has 26 heavy (non-hydrogen) atoms. The van der Waals surface area contributed by atoms with E-state index in [1.54, 1.807) is 30.6 Å². The molecule has 0 aliphatic carbocycles. The Hall–Kier alpha value is -3.24. The molecule has 130 valence electrons. The molecule has 3 aromatic rings. The molecule has 2 aromatic heterocycles. The second kappa shape index (κ2) is 6.94. The van der Waals surface area contributed by atoms with Gasteiger partial charge in [0.25, 0.3) is 0 Å². The predicted octanol–water partition coefficient (Wildman–Crippen LogP) is 0.424. The van der Waals surface area contributed by atoms with Crippen molar-refractivity contribution in [1.29, 1.82) is 0 Å². The largest absolute Gasteiger partial charge is 0.491 e. The minimum atomic E-state index is -1.02. The van der Waals surface area contributed by atoms with E-state index in [0.29, 0.717) is 16.9 Å². The highest BCUT2D eigenvalue weighted by Gasteiger charge is 2.35. The highest BCUT2D eigenvalue weighted by atomic mass is 16.5. The fourth-order valence-corrected chi connectivity index (χ4v) is 2.72. The van der Waals surface area contributed by atoms with Crippen molar-refractivity contribution in [1.82, 2.24) is 20.6 Å². The molecule has 1 aliphatic heterocycles. The van der Waals surface area contributed by atoms with E-state index in [4.69, 9.17) is 9.18 Å². The number of hydrazine groups is 1. The maximum atomic E-state index is 12.1. The van der Waals surface area contributed by atoms with Gasteiger partial charge in [-0.2, -0.15) is 4.98 Å². The minimum Gasteiger partial charge on any atom is -0.423 e. The van der Waals surface area contributed by atoms with Gasteiger partial charge in [0.05, 0.1) is 12.5 Å². The molecule has 10 heteroatoms. The first-order chi connectivity index (χ1) is 12.7. The van der Waals surface area contributed by atoms with Crippen LogP contribution in [0.3, 0.4) is 0 Å². The van der Waals surface area contributed by atoms with Crippen LogP contribution in [0.1, 0.15) is 18.1 Å². The van der Waals surface area contributed by atoms with Crippen molar-refractivity contribution in [2.45, 2.75) is 12.5 Å². The fraction of sp³-hybridized carbons (Fsp3) is 0.125. The molecule has 0 bridgehead atoms. The first-order valence-corrected chi connectivity index (χ1v) is 7.92. The average molecular weight is 351 g/mol. The second-order valence-corrected chi connectivity index (χ2v) is 5.65. The summed E-state index contributed by atoms with van der Waals surface area (Å²) in [6.07, 6.45) is 2.76. The molecular formula is C16H14BN5O4. The van der Waals surface area contributed by atoms with Crippen molar-refractivity contribution in [3.63, 3.8) is 0 Å². The van der Waals surface area contributed by atoms with Gasteiger partial charge in [-0.3, -0.25) is 15.2 Å². The Morgan fingerprint density at radius 1 is 1.27 bits per heavy atom. The average Bonchev–Trinajstić information content (AvgIpc) is 3.27. The number of anilines is 1. The third-order valence-electron chi connectivity index (χ3n) is 3.93. The van der Waals surface area contributed by atoms with Crippen LogP contribution in [0.4, 0.5) is 6.01 Å². The first-order valence-electron chi connectivity index (χ1n) is 7.92. The summed E-state index contributed by atoms with van der Waals surface area (Å²) < 4.78 is 10.5. The Morgan fingerprint density at radius 2 is 2.15 bits per heavy atom. The summed E-state index contributed by atoms with van der Waals surface area (Å²) in [6.45, 7) is 0. The van der Waals surface area contributed by atoms with Crippen molar-refractivity contribution in [3.05, 3.63) is 54.4 Å². The van der Waals surface area contributed by atoms with Crippen molar-refractivity contribution >= 4 is 24.5 Å². The summed E-state index contributed by atoms with van der Waals surface area (Å²) >= 11 is 0. The van der Waals surface area contributed by atoms with E-state index in [2.05, 4.69) is 26.0 Å². The van der Waals surface area contributed by atoms with Gasteiger partial charge in [0.1, 0.15) is 0 Å². The summed E-state index contributed by atoms with van der Waals surface area (Å²) in [7, 11) is -1.02. The van der Waals surface area contributed by atoms with Gasteiger partial charge in [-0.15, -0.1) is 0 Å². The Bertz CT molecular complexity index is 920. The molecule has 0 radical (unpaired) electrons. The smallest absolute Gasteiger partial charge is 0.423 e. The molecule has 4 rings (SSSR count). The van der Waals surface area contributed by atoms with Crippen LogP contribution in [-0.2, 0) is 9.45 Å². The molecule has 1 unspecified atom stereocenters. The summed E-state index contributed by atoms with van der Waals surface area (Å²) in [5.41, 5.74) is 7.21. The number of aromatic nitrogens is 3. The van der Waals surface area contributed by atoms with Crippen LogP contribution in [0, 0.1) is 0 Å². The number of hydrogen-bond acceptors (Lipinski definition) is 8. The topological polar surface area (TPSA) is 122 Å². The molecule has 1 aromatic carbocycles. The molecule has 0 fully saturated rings.